The van der Waals surface area contributed by atoms with Crippen molar-refractivity contribution >= 4 is 11.6 Å². The second-order valence-electron chi connectivity index (χ2n) is 8.69. The van der Waals surface area contributed by atoms with E-state index in [9.17, 15) is 13.2 Å². The Hall–Kier alpha value is -4.06. The summed E-state index contributed by atoms with van der Waals surface area (Å²) in [6, 6.07) is 13.9. The molecule has 12 heteroatoms. The molecule has 0 amide bonds. The molecule has 1 fully saturated rings. The number of furan rings is 1. The molecule has 5 rings (SSSR count). The molecule has 1 aliphatic rings. The normalized spacial score (nSPS) is 16.1. The summed E-state index contributed by atoms with van der Waals surface area (Å²) in [6.45, 7) is 2.84. The number of methoxy groups -OCH3 is 2. The van der Waals surface area contributed by atoms with Crippen molar-refractivity contribution in [2.75, 3.05) is 27.3 Å². The van der Waals surface area contributed by atoms with Crippen molar-refractivity contribution in [3.05, 3.63) is 66.5 Å². The Balaban J connectivity index is 0.000000426. The lowest BCUT2D eigenvalue weighted by Gasteiger charge is -2.30. The molecule has 3 aromatic heterocycles. The van der Waals surface area contributed by atoms with E-state index in [1.165, 1.54) is 0 Å². The molecule has 1 unspecified atom stereocenters. The predicted octanol–water partition coefficient (Wildman–Crippen LogP) is 5.02. The highest BCUT2D eigenvalue weighted by atomic mass is 19.4. The molecule has 4 heterocycles. The Morgan fingerprint density at radius 3 is 2.61 bits per heavy atom. The molecule has 0 radical (unpaired) electrons. The number of benzene rings is 1. The van der Waals surface area contributed by atoms with Gasteiger partial charge >= 0.3 is 12.1 Å². The summed E-state index contributed by atoms with van der Waals surface area (Å²) in [5.41, 5.74) is 2.81. The zero-order valence-electron chi connectivity index (χ0n) is 20.8. The van der Waals surface area contributed by atoms with Crippen molar-refractivity contribution in [3.8, 4) is 22.6 Å². The molecule has 0 aliphatic carbocycles. The Bertz CT molecular complexity index is 1370. The first-order valence-electron chi connectivity index (χ1n) is 11.8. The molecular weight excluding hydrogens is 505 g/mol. The smallest absolute Gasteiger partial charge is 0.490 e. The molecular formula is C26H27F3N4O5. The molecule has 0 bridgehead atoms. The SMILES string of the molecule is COc1cccc(-c2ccc3nc(C4CCCN(Cc5ccco5)C4)nn3c2)c1OC.O=C(O)C(F)(F)F. The lowest BCUT2D eigenvalue weighted by atomic mass is 9.97. The van der Waals surface area contributed by atoms with Crippen molar-refractivity contribution in [2.24, 2.45) is 0 Å². The molecule has 0 saturated carbocycles. The Kier molecular flexibility index (Phi) is 8.20. The highest BCUT2D eigenvalue weighted by Crippen LogP contribution is 2.38. The zero-order valence-corrected chi connectivity index (χ0v) is 20.8. The summed E-state index contributed by atoms with van der Waals surface area (Å²) < 4.78 is 50.2. The lowest BCUT2D eigenvalue weighted by molar-refractivity contribution is -0.192. The highest BCUT2D eigenvalue weighted by molar-refractivity contribution is 5.74. The predicted molar refractivity (Wildman–Crippen MR) is 131 cm³/mol. The minimum Gasteiger partial charge on any atom is -0.493 e. The van der Waals surface area contributed by atoms with Gasteiger partial charge in [-0.25, -0.2) is 14.3 Å². The van der Waals surface area contributed by atoms with Crippen LogP contribution in [-0.4, -0.2) is 64.1 Å². The minimum absolute atomic E-state index is 0.318. The van der Waals surface area contributed by atoms with Gasteiger partial charge in [-0.2, -0.15) is 18.3 Å². The van der Waals surface area contributed by atoms with Gasteiger partial charge in [0.25, 0.3) is 0 Å². The van der Waals surface area contributed by atoms with Crippen LogP contribution in [0.2, 0.25) is 0 Å². The van der Waals surface area contributed by atoms with E-state index < -0.39 is 12.1 Å². The molecule has 4 aromatic rings. The van der Waals surface area contributed by atoms with E-state index in [2.05, 4.69) is 11.0 Å². The maximum absolute atomic E-state index is 10.6. The van der Waals surface area contributed by atoms with Gasteiger partial charge in [-0.1, -0.05) is 12.1 Å². The number of ether oxygens (including phenoxy) is 2. The molecule has 1 aromatic carbocycles. The number of carboxylic acid groups (broad SMARTS) is 1. The fraction of sp³-hybridized carbons (Fsp3) is 0.346. The van der Waals surface area contributed by atoms with Crippen LogP contribution < -0.4 is 9.47 Å². The van der Waals surface area contributed by atoms with Gasteiger partial charge in [-0.3, -0.25) is 4.90 Å². The minimum atomic E-state index is -5.08. The number of para-hydroxylation sites is 1. The van der Waals surface area contributed by atoms with E-state index in [0.29, 0.717) is 17.4 Å². The van der Waals surface area contributed by atoms with Gasteiger partial charge < -0.3 is 19.0 Å². The summed E-state index contributed by atoms with van der Waals surface area (Å²) >= 11 is 0. The summed E-state index contributed by atoms with van der Waals surface area (Å²) in [7, 11) is 3.30. The van der Waals surface area contributed by atoms with Crippen molar-refractivity contribution in [3.63, 3.8) is 0 Å². The van der Waals surface area contributed by atoms with Gasteiger partial charge in [0.05, 0.1) is 27.0 Å². The van der Waals surface area contributed by atoms with Crippen molar-refractivity contribution < 1.29 is 37.0 Å². The van der Waals surface area contributed by atoms with E-state index in [-0.39, 0.29) is 0 Å². The van der Waals surface area contributed by atoms with Crippen LogP contribution in [0.3, 0.4) is 0 Å². The standard InChI is InChI=1S/C24H26N4O3.C2HF3O2/c1-29-21-9-3-8-20(23(21)30-2)17-10-11-22-25-24(26-28(22)15-17)18-6-4-12-27(14-18)16-19-7-5-13-31-19;3-2(4,5)1(6)7/h3,5,7-11,13,15,18H,4,6,12,14,16H2,1-2H3;(H,6,7). The molecule has 1 atom stereocenters. The molecule has 38 heavy (non-hydrogen) atoms. The van der Waals surface area contributed by atoms with E-state index >= 15 is 0 Å². The van der Waals surface area contributed by atoms with Crippen molar-refractivity contribution in [1.82, 2.24) is 19.5 Å². The van der Waals surface area contributed by atoms with E-state index in [4.69, 9.17) is 33.9 Å². The first-order chi connectivity index (χ1) is 18.2. The number of pyridine rings is 1. The topological polar surface area (TPSA) is 102 Å². The van der Waals surface area contributed by atoms with Crippen LogP contribution in [0.25, 0.3) is 16.8 Å². The van der Waals surface area contributed by atoms with Crippen LogP contribution in [0.1, 0.15) is 30.3 Å². The maximum Gasteiger partial charge on any atom is 0.490 e. The second-order valence-corrected chi connectivity index (χ2v) is 8.69. The first-order valence-corrected chi connectivity index (χ1v) is 11.8. The number of hydrogen-bond acceptors (Lipinski definition) is 7. The number of piperidine rings is 1. The van der Waals surface area contributed by atoms with E-state index in [1.54, 1.807) is 20.5 Å². The molecule has 1 aliphatic heterocycles. The number of nitrogens with zero attached hydrogens (tertiary/aromatic N) is 4. The summed E-state index contributed by atoms with van der Waals surface area (Å²) in [5, 5.41) is 12.0. The quantitative estimate of drug-likeness (QED) is 0.369. The van der Waals surface area contributed by atoms with Crippen molar-refractivity contribution in [1.29, 1.82) is 0 Å². The third-order valence-electron chi connectivity index (χ3n) is 6.13. The van der Waals surface area contributed by atoms with Crippen LogP contribution in [0, 0.1) is 0 Å². The molecule has 1 saturated heterocycles. The Morgan fingerprint density at radius 2 is 1.95 bits per heavy atom. The fourth-order valence-corrected chi connectivity index (χ4v) is 4.38. The van der Waals surface area contributed by atoms with Crippen LogP contribution in [0.15, 0.2) is 59.3 Å². The average Bonchev–Trinajstić information content (AvgIpc) is 3.57. The van der Waals surface area contributed by atoms with E-state index in [1.807, 2.05) is 47.1 Å². The van der Waals surface area contributed by atoms with Crippen LogP contribution >= 0.6 is 0 Å². The van der Waals surface area contributed by atoms with Crippen LogP contribution in [-0.2, 0) is 11.3 Å². The number of halogens is 3. The van der Waals surface area contributed by atoms with E-state index in [0.717, 1.165) is 60.8 Å². The molecule has 202 valence electrons. The number of rotatable bonds is 6. The number of alkyl halides is 3. The average molecular weight is 533 g/mol. The van der Waals surface area contributed by atoms with Gasteiger partial charge in [0, 0.05) is 29.8 Å². The van der Waals surface area contributed by atoms with Gasteiger partial charge in [-0.15, -0.1) is 0 Å². The number of carbonyl (C=O) groups is 1. The Labute approximate surface area is 216 Å². The van der Waals surface area contributed by atoms with Crippen LogP contribution in [0.4, 0.5) is 13.2 Å². The largest absolute Gasteiger partial charge is 0.493 e. The lowest BCUT2D eigenvalue weighted by Crippen LogP contribution is -2.34. The van der Waals surface area contributed by atoms with Gasteiger partial charge in [-0.05, 0) is 49.7 Å². The zero-order chi connectivity index (χ0) is 27.3. The van der Waals surface area contributed by atoms with Crippen LogP contribution in [0.5, 0.6) is 11.5 Å². The number of fused-ring (bicyclic) bond motifs is 1. The summed E-state index contributed by atoms with van der Waals surface area (Å²) in [6.07, 6.45) is 0.886. The molecule has 1 N–H and O–H groups in total. The first kappa shape index (κ1) is 27.0. The number of likely N-dealkylation sites (tertiary alicyclic amines) is 1. The highest BCUT2D eigenvalue weighted by Gasteiger charge is 2.38. The van der Waals surface area contributed by atoms with Crippen molar-refractivity contribution in [2.45, 2.75) is 31.5 Å². The number of aliphatic carboxylic acids is 1. The number of carboxylic acids is 1. The monoisotopic (exact) mass is 532 g/mol. The fourth-order valence-electron chi connectivity index (χ4n) is 4.38. The van der Waals surface area contributed by atoms with Gasteiger partial charge in [0.1, 0.15) is 5.76 Å². The third-order valence-corrected chi connectivity index (χ3v) is 6.13. The number of hydrogen-bond donors (Lipinski definition) is 1. The maximum atomic E-state index is 10.6. The molecule has 9 nitrogen and oxygen atoms in total. The summed E-state index contributed by atoms with van der Waals surface area (Å²) in [4.78, 5) is 16.1. The number of aromatic nitrogens is 3. The Morgan fingerprint density at radius 1 is 1.16 bits per heavy atom. The van der Waals surface area contributed by atoms with Gasteiger partial charge in [0.2, 0.25) is 0 Å². The summed E-state index contributed by atoms with van der Waals surface area (Å²) in [5.74, 6) is 0.883. The van der Waals surface area contributed by atoms with Gasteiger partial charge in [0.15, 0.2) is 23.0 Å². The third kappa shape index (κ3) is 6.25. The second kappa shape index (κ2) is 11.5. The molecule has 0 spiro atoms.